The zero-order valence-corrected chi connectivity index (χ0v) is 13.1. The standard InChI is InChI=1S/C13H17ClN2O4S/c14-21(18,19)11-8-12(16(9-11)10-2-1-3-10)13(17)15-4-6-20-7-5-15/h8-10H,1-7H2. The molecule has 1 saturated carbocycles. The summed E-state index contributed by atoms with van der Waals surface area (Å²) in [7, 11) is 1.58. The van der Waals surface area contributed by atoms with Crippen LogP contribution in [0.1, 0.15) is 35.8 Å². The van der Waals surface area contributed by atoms with Gasteiger partial charge in [-0.05, 0) is 25.3 Å². The smallest absolute Gasteiger partial charge is 0.270 e. The van der Waals surface area contributed by atoms with Crippen molar-refractivity contribution in [3.63, 3.8) is 0 Å². The van der Waals surface area contributed by atoms with Crippen LogP contribution in [0.25, 0.3) is 0 Å². The molecule has 2 fully saturated rings. The van der Waals surface area contributed by atoms with Crippen LogP contribution in [-0.4, -0.2) is 50.1 Å². The van der Waals surface area contributed by atoms with Gasteiger partial charge in [0.25, 0.3) is 15.0 Å². The van der Waals surface area contributed by atoms with Crippen molar-refractivity contribution in [3.8, 4) is 0 Å². The Morgan fingerprint density at radius 1 is 1.29 bits per heavy atom. The number of carbonyl (C=O) groups is 1. The Bertz CT molecular complexity index is 645. The van der Waals surface area contributed by atoms with E-state index in [2.05, 4.69) is 0 Å². The summed E-state index contributed by atoms with van der Waals surface area (Å²) in [5.41, 5.74) is 0.404. The molecule has 116 valence electrons. The summed E-state index contributed by atoms with van der Waals surface area (Å²) in [6, 6.07) is 1.58. The minimum atomic E-state index is -3.83. The van der Waals surface area contributed by atoms with E-state index < -0.39 is 9.05 Å². The van der Waals surface area contributed by atoms with Gasteiger partial charge >= 0.3 is 0 Å². The van der Waals surface area contributed by atoms with Gasteiger partial charge in [-0.15, -0.1) is 0 Å². The summed E-state index contributed by atoms with van der Waals surface area (Å²) in [6.07, 6.45) is 4.50. The van der Waals surface area contributed by atoms with Gasteiger partial charge in [-0.3, -0.25) is 4.79 Å². The van der Waals surface area contributed by atoms with Gasteiger partial charge in [0.15, 0.2) is 0 Å². The second-order valence-electron chi connectivity index (χ2n) is 5.40. The number of hydrogen-bond donors (Lipinski definition) is 0. The maximum absolute atomic E-state index is 12.6. The molecule has 1 saturated heterocycles. The average Bonchev–Trinajstić information content (AvgIpc) is 2.81. The van der Waals surface area contributed by atoms with Gasteiger partial charge in [0.1, 0.15) is 10.6 Å². The quantitative estimate of drug-likeness (QED) is 0.789. The van der Waals surface area contributed by atoms with E-state index in [4.69, 9.17) is 15.4 Å². The van der Waals surface area contributed by atoms with Crippen LogP contribution in [0.2, 0.25) is 0 Å². The van der Waals surface area contributed by atoms with Crippen molar-refractivity contribution >= 4 is 25.6 Å². The molecular formula is C13H17ClN2O4S. The zero-order valence-electron chi connectivity index (χ0n) is 11.5. The van der Waals surface area contributed by atoms with Crippen LogP contribution >= 0.6 is 10.7 Å². The normalized spacial score (nSPS) is 20.3. The van der Waals surface area contributed by atoms with Crippen LogP contribution in [0.5, 0.6) is 0 Å². The van der Waals surface area contributed by atoms with E-state index >= 15 is 0 Å². The van der Waals surface area contributed by atoms with E-state index in [0.717, 1.165) is 19.3 Å². The number of morpholine rings is 1. The number of nitrogens with zero attached hydrogens (tertiary/aromatic N) is 2. The summed E-state index contributed by atoms with van der Waals surface area (Å²) >= 11 is 0. The number of aromatic nitrogens is 1. The lowest BCUT2D eigenvalue weighted by molar-refractivity contribution is 0.0292. The summed E-state index contributed by atoms with van der Waals surface area (Å²) < 4.78 is 30.1. The maximum atomic E-state index is 12.6. The predicted molar refractivity (Wildman–Crippen MR) is 77.1 cm³/mol. The van der Waals surface area contributed by atoms with Crippen molar-refractivity contribution in [1.82, 2.24) is 9.47 Å². The second-order valence-corrected chi connectivity index (χ2v) is 7.96. The van der Waals surface area contributed by atoms with Crippen LogP contribution in [0.3, 0.4) is 0 Å². The lowest BCUT2D eigenvalue weighted by atomic mass is 9.93. The first-order chi connectivity index (χ1) is 9.97. The van der Waals surface area contributed by atoms with Gasteiger partial charge in [0.05, 0.1) is 13.2 Å². The van der Waals surface area contributed by atoms with Crippen LogP contribution in [0.4, 0.5) is 0 Å². The molecule has 0 N–H and O–H groups in total. The first-order valence-electron chi connectivity index (χ1n) is 7.00. The third kappa shape index (κ3) is 2.95. The van der Waals surface area contributed by atoms with Crippen LogP contribution in [0.15, 0.2) is 17.2 Å². The Kier molecular flexibility index (Phi) is 3.98. The minimum absolute atomic E-state index is 0.00678. The molecule has 0 spiro atoms. The SMILES string of the molecule is O=C(c1cc(S(=O)(=O)Cl)cn1C1CCC1)N1CCOCC1. The Morgan fingerprint density at radius 3 is 2.48 bits per heavy atom. The molecular weight excluding hydrogens is 316 g/mol. The van der Waals surface area contributed by atoms with E-state index in [9.17, 15) is 13.2 Å². The van der Waals surface area contributed by atoms with Crippen molar-refractivity contribution in [2.75, 3.05) is 26.3 Å². The van der Waals surface area contributed by atoms with Gasteiger partial charge in [-0.2, -0.15) is 0 Å². The van der Waals surface area contributed by atoms with Crippen LogP contribution < -0.4 is 0 Å². The summed E-state index contributed by atoms with van der Waals surface area (Å²) in [5, 5.41) is 0. The molecule has 2 aliphatic rings. The van der Waals surface area contributed by atoms with Crippen molar-refractivity contribution < 1.29 is 17.9 Å². The molecule has 8 heteroatoms. The molecule has 0 aromatic carbocycles. The molecule has 21 heavy (non-hydrogen) atoms. The molecule has 2 heterocycles. The number of halogens is 1. The third-order valence-corrected chi connectivity index (χ3v) is 5.41. The number of ether oxygens (including phenoxy) is 1. The number of rotatable bonds is 3. The summed E-state index contributed by atoms with van der Waals surface area (Å²) in [5.74, 6) is -0.156. The molecule has 0 unspecified atom stereocenters. The molecule has 0 bridgehead atoms. The van der Waals surface area contributed by atoms with Crippen LogP contribution in [0, 0.1) is 0 Å². The Hall–Kier alpha value is -1.05. The highest BCUT2D eigenvalue weighted by Crippen LogP contribution is 2.35. The van der Waals surface area contributed by atoms with E-state index in [0.29, 0.717) is 32.0 Å². The molecule has 1 aromatic rings. The highest BCUT2D eigenvalue weighted by Gasteiger charge is 2.29. The molecule has 0 atom stereocenters. The lowest BCUT2D eigenvalue weighted by Crippen LogP contribution is -2.41. The summed E-state index contributed by atoms with van der Waals surface area (Å²) in [6.45, 7) is 2.07. The van der Waals surface area contributed by atoms with Gasteiger partial charge < -0.3 is 14.2 Å². The van der Waals surface area contributed by atoms with E-state index in [-0.39, 0.29) is 16.8 Å². The van der Waals surface area contributed by atoms with E-state index in [1.54, 1.807) is 9.47 Å². The fourth-order valence-corrected chi connectivity index (χ4v) is 3.40. The van der Waals surface area contributed by atoms with Gasteiger partial charge in [0.2, 0.25) is 0 Å². The third-order valence-electron chi connectivity index (χ3n) is 4.09. The molecule has 1 amide bonds. The van der Waals surface area contributed by atoms with Crippen molar-refractivity contribution in [3.05, 3.63) is 18.0 Å². The maximum Gasteiger partial charge on any atom is 0.270 e. The highest BCUT2D eigenvalue weighted by molar-refractivity contribution is 8.13. The lowest BCUT2D eigenvalue weighted by Gasteiger charge is -2.31. The van der Waals surface area contributed by atoms with Crippen molar-refractivity contribution in [2.45, 2.75) is 30.2 Å². The molecule has 1 aliphatic carbocycles. The predicted octanol–water partition coefficient (Wildman–Crippen LogP) is 1.61. The number of hydrogen-bond acceptors (Lipinski definition) is 4. The topological polar surface area (TPSA) is 68.6 Å². The summed E-state index contributed by atoms with van der Waals surface area (Å²) in [4.78, 5) is 14.3. The largest absolute Gasteiger partial charge is 0.378 e. The molecule has 1 aromatic heterocycles. The van der Waals surface area contributed by atoms with Gasteiger partial charge in [-0.25, -0.2) is 8.42 Å². The van der Waals surface area contributed by atoms with Crippen molar-refractivity contribution in [1.29, 1.82) is 0 Å². The van der Waals surface area contributed by atoms with E-state index in [1.165, 1.54) is 12.3 Å². The minimum Gasteiger partial charge on any atom is -0.378 e. The first kappa shape index (κ1) is 14.9. The van der Waals surface area contributed by atoms with Crippen LogP contribution in [-0.2, 0) is 13.8 Å². The van der Waals surface area contributed by atoms with Gasteiger partial charge in [0, 0.05) is 36.0 Å². The average molecular weight is 333 g/mol. The molecule has 3 rings (SSSR count). The zero-order chi connectivity index (χ0) is 15.0. The fourth-order valence-electron chi connectivity index (χ4n) is 2.65. The second kappa shape index (κ2) is 5.62. The van der Waals surface area contributed by atoms with Gasteiger partial charge in [-0.1, -0.05) is 0 Å². The molecule has 6 nitrogen and oxygen atoms in total. The fraction of sp³-hybridized carbons (Fsp3) is 0.615. The Labute approximate surface area is 128 Å². The Morgan fingerprint density at radius 2 is 1.95 bits per heavy atom. The number of amides is 1. The monoisotopic (exact) mass is 332 g/mol. The first-order valence-corrected chi connectivity index (χ1v) is 9.31. The Balaban J connectivity index is 1.95. The van der Waals surface area contributed by atoms with E-state index in [1.807, 2.05) is 0 Å². The number of carbonyl (C=O) groups excluding carboxylic acids is 1. The molecule has 0 radical (unpaired) electrons. The highest BCUT2D eigenvalue weighted by atomic mass is 35.7. The molecule has 1 aliphatic heterocycles. The van der Waals surface area contributed by atoms with Crippen molar-refractivity contribution in [2.24, 2.45) is 0 Å².